The number of Topliss-reactive ketones (excluding diaryl/α,β-unsaturated/α-hetero) is 1. The lowest BCUT2D eigenvalue weighted by Crippen LogP contribution is -2.48. The van der Waals surface area contributed by atoms with Gasteiger partial charge in [0, 0.05) is 6.42 Å². The van der Waals surface area contributed by atoms with Crippen LogP contribution in [0.1, 0.15) is 32.6 Å². The van der Waals surface area contributed by atoms with Crippen molar-refractivity contribution in [1.29, 1.82) is 0 Å². The van der Waals surface area contributed by atoms with E-state index in [2.05, 4.69) is 6.58 Å². The summed E-state index contributed by atoms with van der Waals surface area (Å²) < 4.78 is 10.3. The molecule has 0 amide bonds. The summed E-state index contributed by atoms with van der Waals surface area (Å²) in [6.07, 6.45) is 4.10. The minimum atomic E-state index is -1.07. The predicted molar refractivity (Wildman–Crippen MR) is 63.6 cm³/mol. The molecule has 17 heavy (non-hydrogen) atoms. The van der Waals surface area contributed by atoms with Crippen LogP contribution in [-0.2, 0) is 19.1 Å². The summed E-state index contributed by atoms with van der Waals surface area (Å²) >= 11 is 0. The highest BCUT2D eigenvalue weighted by Crippen LogP contribution is 2.32. The Morgan fingerprint density at radius 3 is 3.00 bits per heavy atom. The van der Waals surface area contributed by atoms with Gasteiger partial charge in [-0.25, -0.2) is 0 Å². The van der Waals surface area contributed by atoms with Gasteiger partial charge < -0.3 is 9.47 Å². The molecule has 1 aliphatic heterocycles. The molecule has 1 unspecified atom stereocenters. The molecule has 0 saturated carbocycles. The SMILES string of the molecule is C=CCCCC1(C(=O)OCC)COCCC1=O. The summed E-state index contributed by atoms with van der Waals surface area (Å²) in [5.41, 5.74) is -1.07. The summed E-state index contributed by atoms with van der Waals surface area (Å²) in [6, 6.07) is 0. The van der Waals surface area contributed by atoms with Crippen LogP contribution >= 0.6 is 0 Å². The summed E-state index contributed by atoms with van der Waals surface area (Å²) in [4.78, 5) is 24.0. The van der Waals surface area contributed by atoms with Gasteiger partial charge in [-0.2, -0.15) is 0 Å². The Hall–Kier alpha value is -1.16. The molecule has 1 aliphatic rings. The Labute approximate surface area is 102 Å². The molecule has 0 aliphatic carbocycles. The maximum Gasteiger partial charge on any atom is 0.322 e. The molecule has 0 N–H and O–H groups in total. The average Bonchev–Trinajstić information content (AvgIpc) is 2.32. The normalized spacial score (nSPS) is 24.4. The van der Waals surface area contributed by atoms with Crippen LogP contribution in [0.5, 0.6) is 0 Å². The number of carbonyl (C=O) groups excluding carboxylic acids is 2. The molecule has 0 aromatic heterocycles. The second kappa shape index (κ2) is 6.55. The van der Waals surface area contributed by atoms with Crippen LogP contribution in [0.2, 0.25) is 0 Å². The number of ether oxygens (including phenoxy) is 2. The molecule has 0 aromatic carbocycles. The molecule has 0 aromatic rings. The number of unbranched alkanes of at least 4 members (excludes halogenated alkanes) is 1. The van der Waals surface area contributed by atoms with E-state index in [4.69, 9.17) is 9.47 Å². The quantitative estimate of drug-likeness (QED) is 0.308. The van der Waals surface area contributed by atoms with Gasteiger partial charge in [0.2, 0.25) is 0 Å². The molecule has 96 valence electrons. The zero-order chi connectivity index (χ0) is 12.7. The lowest BCUT2D eigenvalue weighted by molar-refractivity contribution is -0.169. The maximum absolute atomic E-state index is 12.0. The number of hydrogen-bond donors (Lipinski definition) is 0. The molecular formula is C13H20O4. The van der Waals surface area contributed by atoms with Gasteiger partial charge in [0.05, 0.1) is 19.8 Å². The second-order valence-corrected chi connectivity index (χ2v) is 4.21. The summed E-state index contributed by atoms with van der Waals surface area (Å²) in [7, 11) is 0. The van der Waals surface area contributed by atoms with E-state index >= 15 is 0 Å². The third-order valence-electron chi connectivity index (χ3n) is 3.03. The summed E-state index contributed by atoms with van der Waals surface area (Å²) in [5.74, 6) is -0.486. The van der Waals surface area contributed by atoms with Crippen molar-refractivity contribution in [2.24, 2.45) is 5.41 Å². The van der Waals surface area contributed by atoms with Gasteiger partial charge in [-0.1, -0.05) is 6.08 Å². The van der Waals surface area contributed by atoms with Crippen molar-refractivity contribution in [3.05, 3.63) is 12.7 Å². The number of hydrogen-bond acceptors (Lipinski definition) is 4. The molecular weight excluding hydrogens is 220 g/mol. The fourth-order valence-electron chi connectivity index (χ4n) is 2.03. The Morgan fingerprint density at radius 2 is 2.41 bits per heavy atom. The molecule has 4 nitrogen and oxygen atoms in total. The molecule has 0 radical (unpaired) electrons. The second-order valence-electron chi connectivity index (χ2n) is 4.21. The van der Waals surface area contributed by atoms with Gasteiger partial charge in [0.15, 0.2) is 5.78 Å². The Morgan fingerprint density at radius 1 is 1.65 bits per heavy atom. The van der Waals surface area contributed by atoms with E-state index in [1.807, 2.05) is 0 Å². The van der Waals surface area contributed by atoms with Crippen molar-refractivity contribution in [2.75, 3.05) is 19.8 Å². The minimum absolute atomic E-state index is 0.0498. The standard InChI is InChI=1S/C13H20O4/c1-3-5-6-8-13(12(15)17-4-2)10-16-9-7-11(13)14/h3H,1,4-10H2,2H3. The minimum Gasteiger partial charge on any atom is -0.465 e. The molecule has 1 saturated heterocycles. The predicted octanol–water partition coefficient (Wildman–Crippen LogP) is 1.88. The third-order valence-corrected chi connectivity index (χ3v) is 3.03. The molecule has 4 heteroatoms. The van der Waals surface area contributed by atoms with Crippen molar-refractivity contribution in [1.82, 2.24) is 0 Å². The lowest BCUT2D eigenvalue weighted by Gasteiger charge is -2.33. The van der Waals surface area contributed by atoms with Crippen LogP contribution in [0.25, 0.3) is 0 Å². The summed E-state index contributed by atoms with van der Waals surface area (Å²) in [5, 5.41) is 0. The largest absolute Gasteiger partial charge is 0.465 e. The van der Waals surface area contributed by atoms with E-state index in [1.165, 1.54) is 0 Å². The van der Waals surface area contributed by atoms with Crippen molar-refractivity contribution >= 4 is 11.8 Å². The van der Waals surface area contributed by atoms with E-state index in [-0.39, 0.29) is 19.0 Å². The van der Waals surface area contributed by atoms with Crippen LogP contribution in [-0.4, -0.2) is 31.6 Å². The van der Waals surface area contributed by atoms with E-state index in [9.17, 15) is 9.59 Å². The van der Waals surface area contributed by atoms with Crippen LogP contribution < -0.4 is 0 Å². The Bertz CT molecular complexity index is 298. The Kier molecular flexibility index (Phi) is 5.35. The fourth-order valence-corrected chi connectivity index (χ4v) is 2.03. The molecule has 1 rings (SSSR count). The highest BCUT2D eigenvalue weighted by Gasteiger charge is 2.48. The zero-order valence-electron chi connectivity index (χ0n) is 10.4. The first-order valence-electron chi connectivity index (χ1n) is 6.06. The van der Waals surface area contributed by atoms with Gasteiger partial charge in [0.25, 0.3) is 0 Å². The molecule has 1 atom stereocenters. The maximum atomic E-state index is 12.0. The molecule has 1 heterocycles. The van der Waals surface area contributed by atoms with Gasteiger partial charge in [-0.15, -0.1) is 6.58 Å². The van der Waals surface area contributed by atoms with Crippen molar-refractivity contribution in [2.45, 2.75) is 32.6 Å². The molecule has 0 bridgehead atoms. The van der Waals surface area contributed by atoms with Gasteiger partial charge in [0.1, 0.15) is 5.41 Å². The molecule has 0 spiro atoms. The first-order valence-corrected chi connectivity index (χ1v) is 6.06. The smallest absolute Gasteiger partial charge is 0.322 e. The van der Waals surface area contributed by atoms with Crippen LogP contribution in [0.15, 0.2) is 12.7 Å². The van der Waals surface area contributed by atoms with E-state index in [0.717, 1.165) is 12.8 Å². The zero-order valence-corrected chi connectivity index (χ0v) is 10.4. The Balaban J connectivity index is 2.78. The number of carbonyl (C=O) groups is 2. The van der Waals surface area contributed by atoms with Gasteiger partial charge >= 0.3 is 5.97 Å². The van der Waals surface area contributed by atoms with Crippen LogP contribution in [0, 0.1) is 5.41 Å². The number of allylic oxidation sites excluding steroid dienone is 1. The first kappa shape index (κ1) is 13.9. The van der Waals surface area contributed by atoms with E-state index in [1.54, 1.807) is 13.0 Å². The monoisotopic (exact) mass is 240 g/mol. The lowest BCUT2D eigenvalue weighted by atomic mass is 9.77. The van der Waals surface area contributed by atoms with E-state index in [0.29, 0.717) is 19.4 Å². The highest BCUT2D eigenvalue weighted by atomic mass is 16.5. The number of rotatable bonds is 6. The average molecular weight is 240 g/mol. The third kappa shape index (κ3) is 3.16. The number of esters is 1. The highest BCUT2D eigenvalue weighted by molar-refractivity contribution is 6.04. The van der Waals surface area contributed by atoms with Gasteiger partial charge in [-0.3, -0.25) is 9.59 Å². The first-order chi connectivity index (χ1) is 8.17. The summed E-state index contributed by atoms with van der Waals surface area (Å²) in [6.45, 7) is 6.22. The van der Waals surface area contributed by atoms with Crippen molar-refractivity contribution in [3.8, 4) is 0 Å². The molecule has 1 fully saturated rings. The van der Waals surface area contributed by atoms with Crippen molar-refractivity contribution < 1.29 is 19.1 Å². The van der Waals surface area contributed by atoms with E-state index < -0.39 is 11.4 Å². The van der Waals surface area contributed by atoms with Crippen LogP contribution in [0.4, 0.5) is 0 Å². The number of ketones is 1. The van der Waals surface area contributed by atoms with Gasteiger partial charge in [-0.05, 0) is 26.2 Å². The van der Waals surface area contributed by atoms with Crippen molar-refractivity contribution in [3.63, 3.8) is 0 Å². The van der Waals surface area contributed by atoms with Crippen LogP contribution in [0.3, 0.4) is 0 Å². The fraction of sp³-hybridized carbons (Fsp3) is 0.692. The topological polar surface area (TPSA) is 52.6 Å².